The SMILES string of the molecule is C=CCOCC(NC(=O)c1ccc(C(F)(F)F)cc1[N+](=O)[O-])C(=O)O. The zero-order valence-electron chi connectivity index (χ0n) is 12.6. The molecule has 2 N–H and O–H groups in total. The normalized spacial score (nSPS) is 12.3. The first-order valence-electron chi connectivity index (χ1n) is 6.66. The molecule has 0 saturated carbocycles. The van der Waals surface area contributed by atoms with Crippen molar-refractivity contribution in [2.24, 2.45) is 0 Å². The number of nitro benzene ring substituents is 1. The fourth-order valence-corrected chi connectivity index (χ4v) is 1.73. The Hall–Kier alpha value is -2.95. The van der Waals surface area contributed by atoms with Crippen molar-refractivity contribution in [1.29, 1.82) is 0 Å². The van der Waals surface area contributed by atoms with Crippen LogP contribution in [0.15, 0.2) is 30.9 Å². The first-order valence-corrected chi connectivity index (χ1v) is 6.66. The minimum Gasteiger partial charge on any atom is -0.480 e. The lowest BCUT2D eigenvalue weighted by atomic mass is 10.1. The lowest BCUT2D eigenvalue weighted by Crippen LogP contribution is -2.44. The quantitative estimate of drug-likeness (QED) is 0.316. The van der Waals surface area contributed by atoms with Gasteiger partial charge in [-0.3, -0.25) is 14.9 Å². The maximum Gasteiger partial charge on any atom is 0.416 e. The van der Waals surface area contributed by atoms with Gasteiger partial charge in [-0.05, 0) is 12.1 Å². The van der Waals surface area contributed by atoms with Crippen molar-refractivity contribution in [3.05, 3.63) is 52.1 Å². The van der Waals surface area contributed by atoms with Crippen LogP contribution in [-0.4, -0.2) is 41.2 Å². The highest BCUT2D eigenvalue weighted by atomic mass is 19.4. The second kappa shape index (κ2) is 8.24. The maximum absolute atomic E-state index is 12.6. The zero-order chi connectivity index (χ0) is 19.2. The molecule has 1 rings (SSSR count). The number of carboxylic acids is 1. The third kappa shape index (κ3) is 5.57. The summed E-state index contributed by atoms with van der Waals surface area (Å²) in [6.07, 6.45) is -3.50. The first-order chi connectivity index (χ1) is 11.6. The number of alkyl halides is 3. The van der Waals surface area contributed by atoms with Crippen molar-refractivity contribution in [3.8, 4) is 0 Å². The van der Waals surface area contributed by atoms with Crippen LogP contribution in [0.2, 0.25) is 0 Å². The fraction of sp³-hybridized carbons (Fsp3) is 0.286. The van der Waals surface area contributed by atoms with Crippen LogP contribution in [0.25, 0.3) is 0 Å². The number of carbonyl (C=O) groups excluding carboxylic acids is 1. The number of halogens is 3. The third-order valence-electron chi connectivity index (χ3n) is 2.89. The van der Waals surface area contributed by atoms with Crippen LogP contribution < -0.4 is 5.32 Å². The largest absolute Gasteiger partial charge is 0.480 e. The van der Waals surface area contributed by atoms with Crippen molar-refractivity contribution >= 4 is 17.6 Å². The molecular formula is C14H13F3N2O6. The van der Waals surface area contributed by atoms with Crippen LogP contribution in [-0.2, 0) is 15.7 Å². The summed E-state index contributed by atoms with van der Waals surface area (Å²) in [6.45, 7) is 2.89. The Balaban J connectivity index is 3.08. The molecule has 0 radical (unpaired) electrons. The summed E-state index contributed by atoms with van der Waals surface area (Å²) >= 11 is 0. The summed E-state index contributed by atoms with van der Waals surface area (Å²) < 4.78 is 42.8. The Bertz CT molecular complexity index is 690. The van der Waals surface area contributed by atoms with Gasteiger partial charge in [0.15, 0.2) is 6.04 Å². The molecule has 11 heteroatoms. The minimum absolute atomic E-state index is 0.0000773. The van der Waals surface area contributed by atoms with Crippen molar-refractivity contribution < 1.29 is 37.5 Å². The number of aliphatic carboxylic acids is 1. The van der Waals surface area contributed by atoms with Crippen LogP contribution in [0.1, 0.15) is 15.9 Å². The molecule has 0 bridgehead atoms. The molecule has 1 unspecified atom stereocenters. The van der Waals surface area contributed by atoms with Gasteiger partial charge in [-0.25, -0.2) is 4.79 Å². The number of hydrogen-bond donors (Lipinski definition) is 2. The highest BCUT2D eigenvalue weighted by molar-refractivity contribution is 6.00. The highest BCUT2D eigenvalue weighted by Gasteiger charge is 2.34. The highest BCUT2D eigenvalue weighted by Crippen LogP contribution is 2.33. The van der Waals surface area contributed by atoms with E-state index in [2.05, 4.69) is 6.58 Å². The van der Waals surface area contributed by atoms with E-state index in [4.69, 9.17) is 9.84 Å². The van der Waals surface area contributed by atoms with E-state index in [0.29, 0.717) is 12.1 Å². The number of nitro groups is 1. The van der Waals surface area contributed by atoms with E-state index < -0.39 is 52.4 Å². The molecule has 0 aliphatic carbocycles. The molecule has 0 fully saturated rings. The maximum atomic E-state index is 12.6. The Kier molecular flexibility index (Phi) is 6.62. The summed E-state index contributed by atoms with van der Waals surface area (Å²) in [5.74, 6) is -2.69. The number of nitrogens with zero attached hydrogens (tertiary/aromatic N) is 1. The summed E-state index contributed by atoms with van der Waals surface area (Å²) in [5.41, 5.74) is -3.10. The minimum atomic E-state index is -4.83. The lowest BCUT2D eigenvalue weighted by Gasteiger charge is -2.15. The molecule has 0 saturated heterocycles. The number of nitrogens with one attached hydrogen (secondary N) is 1. The topological polar surface area (TPSA) is 119 Å². The summed E-state index contributed by atoms with van der Waals surface area (Å²) in [5, 5.41) is 21.9. The van der Waals surface area contributed by atoms with Gasteiger partial charge in [-0.2, -0.15) is 13.2 Å². The number of carboxylic acid groups (broad SMARTS) is 1. The van der Waals surface area contributed by atoms with Crippen LogP contribution in [0.5, 0.6) is 0 Å². The monoisotopic (exact) mass is 362 g/mol. The molecule has 0 aliphatic heterocycles. The van der Waals surface area contributed by atoms with Gasteiger partial charge in [0.25, 0.3) is 11.6 Å². The third-order valence-corrected chi connectivity index (χ3v) is 2.89. The average molecular weight is 362 g/mol. The number of ether oxygens (including phenoxy) is 1. The van der Waals surface area contributed by atoms with Crippen LogP contribution >= 0.6 is 0 Å². The smallest absolute Gasteiger partial charge is 0.416 e. The van der Waals surface area contributed by atoms with E-state index >= 15 is 0 Å². The van der Waals surface area contributed by atoms with Gasteiger partial charge in [-0.15, -0.1) is 6.58 Å². The second-order valence-electron chi connectivity index (χ2n) is 4.68. The van der Waals surface area contributed by atoms with E-state index in [-0.39, 0.29) is 12.7 Å². The predicted octanol–water partition coefficient (Wildman–Crippen LogP) is 2.00. The molecule has 0 spiro atoms. The van der Waals surface area contributed by atoms with Crippen molar-refractivity contribution in [3.63, 3.8) is 0 Å². The zero-order valence-corrected chi connectivity index (χ0v) is 12.6. The predicted molar refractivity (Wildman–Crippen MR) is 78.0 cm³/mol. The molecule has 8 nitrogen and oxygen atoms in total. The molecule has 0 heterocycles. The number of benzene rings is 1. The average Bonchev–Trinajstić information content (AvgIpc) is 2.52. The number of rotatable bonds is 8. The molecule has 1 aromatic carbocycles. The van der Waals surface area contributed by atoms with E-state index in [9.17, 15) is 32.9 Å². The van der Waals surface area contributed by atoms with Gasteiger partial charge in [0.05, 0.1) is 23.7 Å². The van der Waals surface area contributed by atoms with Crippen molar-refractivity contribution in [2.45, 2.75) is 12.2 Å². The fourth-order valence-electron chi connectivity index (χ4n) is 1.73. The Labute approximate surface area is 139 Å². The van der Waals surface area contributed by atoms with Gasteiger partial charge in [0.1, 0.15) is 5.56 Å². The number of hydrogen-bond acceptors (Lipinski definition) is 5. The molecule has 0 aliphatic rings. The second-order valence-corrected chi connectivity index (χ2v) is 4.68. The Morgan fingerprint density at radius 1 is 1.44 bits per heavy atom. The van der Waals surface area contributed by atoms with Gasteiger partial charge >= 0.3 is 12.1 Å². The molecule has 136 valence electrons. The molecule has 1 amide bonds. The standard InChI is InChI=1S/C14H13F3N2O6/c1-2-5-25-7-10(13(21)22)18-12(20)9-4-3-8(14(15,16)17)6-11(9)19(23)24/h2-4,6,10H,1,5,7H2,(H,18,20)(H,21,22). The summed E-state index contributed by atoms with van der Waals surface area (Å²) in [7, 11) is 0. The van der Waals surface area contributed by atoms with Crippen molar-refractivity contribution in [2.75, 3.05) is 13.2 Å². The van der Waals surface area contributed by atoms with Gasteiger partial charge in [0.2, 0.25) is 0 Å². The van der Waals surface area contributed by atoms with E-state index in [1.165, 1.54) is 6.08 Å². The van der Waals surface area contributed by atoms with Crippen LogP contribution in [0, 0.1) is 10.1 Å². The van der Waals surface area contributed by atoms with Crippen molar-refractivity contribution in [1.82, 2.24) is 5.32 Å². The van der Waals surface area contributed by atoms with Gasteiger partial charge < -0.3 is 15.2 Å². The summed E-state index contributed by atoms with van der Waals surface area (Å²) in [6, 6.07) is -0.237. The van der Waals surface area contributed by atoms with E-state index in [1.807, 2.05) is 5.32 Å². The van der Waals surface area contributed by atoms with Crippen LogP contribution in [0.3, 0.4) is 0 Å². The molecule has 1 atom stereocenters. The van der Waals surface area contributed by atoms with E-state index in [0.717, 1.165) is 0 Å². The lowest BCUT2D eigenvalue weighted by molar-refractivity contribution is -0.385. The summed E-state index contributed by atoms with van der Waals surface area (Å²) in [4.78, 5) is 32.9. The first kappa shape index (κ1) is 20.1. The van der Waals surface area contributed by atoms with Crippen LogP contribution in [0.4, 0.5) is 18.9 Å². The molecule has 1 aromatic rings. The van der Waals surface area contributed by atoms with Gasteiger partial charge in [0, 0.05) is 6.07 Å². The molecule has 0 aromatic heterocycles. The molecular weight excluding hydrogens is 349 g/mol. The Morgan fingerprint density at radius 3 is 2.56 bits per heavy atom. The van der Waals surface area contributed by atoms with Gasteiger partial charge in [-0.1, -0.05) is 6.08 Å². The number of carbonyl (C=O) groups is 2. The van der Waals surface area contributed by atoms with E-state index in [1.54, 1.807) is 0 Å². The number of amides is 1. The molecule has 25 heavy (non-hydrogen) atoms. The Morgan fingerprint density at radius 2 is 2.08 bits per heavy atom.